The lowest BCUT2D eigenvalue weighted by molar-refractivity contribution is -0.137. The normalized spacial score (nSPS) is 22.2. The molecule has 0 spiro atoms. The molecular weight excluding hydrogens is 259 g/mol. The van der Waals surface area contributed by atoms with Gasteiger partial charge in [-0.3, -0.25) is 15.2 Å². The molecule has 1 amide bonds. The van der Waals surface area contributed by atoms with Crippen LogP contribution in [-0.2, 0) is 6.18 Å². The monoisotopic (exact) mass is 273 g/mol. The van der Waals surface area contributed by atoms with E-state index in [9.17, 15) is 18.0 Å². The summed E-state index contributed by atoms with van der Waals surface area (Å²) >= 11 is 0. The number of alkyl halides is 3. The zero-order valence-corrected chi connectivity index (χ0v) is 10.3. The SMILES string of the molecule is CC[C@@H]1C[C@H]1c1cc(C(F)(F)F)cnc1C(=O)NN. The molecule has 0 bridgehead atoms. The summed E-state index contributed by atoms with van der Waals surface area (Å²) in [4.78, 5) is 15.2. The molecule has 1 aliphatic carbocycles. The minimum atomic E-state index is -4.46. The molecule has 104 valence electrons. The number of rotatable bonds is 3. The maximum Gasteiger partial charge on any atom is 0.417 e. The fraction of sp³-hybridized carbons (Fsp3) is 0.500. The number of amides is 1. The lowest BCUT2D eigenvalue weighted by Gasteiger charge is -2.11. The van der Waals surface area contributed by atoms with E-state index in [2.05, 4.69) is 4.98 Å². The highest BCUT2D eigenvalue weighted by molar-refractivity contribution is 5.93. The molecule has 2 rings (SSSR count). The van der Waals surface area contributed by atoms with Crippen LogP contribution in [-0.4, -0.2) is 10.9 Å². The molecule has 1 fully saturated rings. The van der Waals surface area contributed by atoms with Crippen molar-refractivity contribution in [1.29, 1.82) is 0 Å². The Morgan fingerprint density at radius 2 is 2.26 bits per heavy atom. The van der Waals surface area contributed by atoms with E-state index in [1.165, 1.54) is 0 Å². The first-order valence-electron chi connectivity index (χ1n) is 5.96. The van der Waals surface area contributed by atoms with Crippen LogP contribution in [0.5, 0.6) is 0 Å². The molecule has 7 heteroatoms. The van der Waals surface area contributed by atoms with E-state index in [1.54, 1.807) is 0 Å². The minimum absolute atomic E-state index is 0.0172. The van der Waals surface area contributed by atoms with Crippen LogP contribution in [0.4, 0.5) is 13.2 Å². The second-order valence-electron chi connectivity index (χ2n) is 4.64. The number of nitrogen functional groups attached to an aromatic ring is 1. The van der Waals surface area contributed by atoms with Gasteiger partial charge in [0.25, 0.3) is 5.91 Å². The second kappa shape index (κ2) is 4.80. The molecule has 0 aliphatic heterocycles. The van der Waals surface area contributed by atoms with E-state index >= 15 is 0 Å². The van der Waals surface area contributed by atoms with Gasteiger partial charge in [-0.2, -0.15) is 13.2 Å². The van der Waals surface area contributed by atoms with E-state index in [4.69, 9.17) is 5.84 Å². The smallest absolute Gasteiger partial charge is 0.289 e. The maximum absolute atomic E-state index is 12.7. The number of halogens is 3. The first-order chi connectivity index (χ1) is 8.88. The van der Waals surface area contributed by atoms with Gasteiger partial charge in [-0.15, -0.1) is 0 Å². The van der Waals surface area contributed by atoms with Gasteiger partial charge in [0.15, 0.2) is 0 Å². The summed E-state index contributed by atoms with van der Waals surface area (Å²) in [6, 6.07) is 1.01. The number of hydrazine groups is 1. The lowest BCUT2D eigenvalue weighted by atomic mass is 10.0. The first kappa shape index (κ1) is 13.8. The Kier molecular flexibility index (Phi) is 3.49. The number of nitrogens with two attached hydrogens (primary N) is 1. The molecule has 0 saturated heterocycles. The Hall–Kier alpha value is -1.63. The van der Waals surface area contributed by atoms with Gasteiger partial charge in [0.05, 0.1) is 5.56 Å². The van der Waals surface area contributed by atoms with Crippen molar-refractivity contribution in [3.63, 3.8) is 0 Å². The summed E-state index contributed by atoms with van der Waals surface area (Å²) in [6.45, 7) is 1.97. The summed E-state index contributed by atoms with van der Waals surface area (Å²) < 4.78 is 38.0. The summed E-state index contributed by atoms with van der Waals surface area (Å²) in [5.41, 5.74) is 1.40. The van der Waals surface area contributed by atoms with Crippen molar-refractivity contribution >= 4 is 5.91 Å². The molecule has 1 heterocycles. The second-order valence-corrected chi connectivity index (χ2v) is 4.64. The summed E-state index contributed by atoms with van der Waals surface area (Å²) in [5.74, 6) is 4.64. The molecule has 1 aliphatic rings. The molecule has 3 N–H and O–H groups in total. The minimum Gasteiger partial charge on any atom is -0.289 e. The Morgan fingerprint density at radius 1 is 1.58 bits per heavy atom. The third kappa shape index (κ3) is 2.70. The van der Waals surface area contributed by atoms with Crippen molar-refractivity contribution in [2.45, 2.75) is 31.9 Å². The van der Waals surface area contributed by atoms with Gasteiger partial charge < -0.3 is 0 Å². The van der Waals surface area contributed by atoms with E-state index in [0.717, 1.165) is 18.9 Å². The summed E-state index contributed by atoms with van der Waals surface area (Å²) in [5, 5.41) is 0. The third-order valence-corrected chi connectivity index (χ3v) is 3.44. The van der Waals surface area contributed by atoms with Crippen LogP contribution in [0.3, 0.4) is 0 Å². The zero-order valence-electron chi connectivity index (χ0n) is 10.3. The largest absolute Gasteiger partial charge is 0.417 e. The van der Waals surface area contributed by atoms with Gasteiger partial charge in [0.1, 0.15) is 5.69 Å². The molecule has 19 heavy (non-hydrogen) atoms. The van der Waals surface area contributed by atoms with Gasteiger partial charge in [-0.1, -0.05) is 13.3 Å². The predicted octanol–water partition coefficient (Wildman–Crippen LogP) is 2.22. The van der Waals surface area contributed by atoms with Crippen LogP contribution < -0.4 is 11.3 Å². The Labute approximate surface area is 108 Å². The maximum atomic E-state index is 12.7. The van der Waals surface area contributed by atoms with E-state index in [-0.39, 0.29) is 11.6 Å². The topological polar surface area (TPSA) is 68.0 Å². The van der Waals surface area contributed by atoms with Crippen LogP contribution in [0.1, 0.15) is 47.3 Å². The molecule has 1 saturated carbocycles. The molecule has 0 radical (unpaired) electrons. The van der Waals surface area contributed by atoms with Crippen molar-refractivity contribution < 1.29 is 18.0 Å². The van der Waals surface area contributed by atoms with Crippen LogP contribution in [0.2, 0.25) is 0 Å². The number of carbonyl (C=O) groups excluding carboxylic acids is 1. The fourth-order valence-electron chi connectivity index (χ4n) is 2.26. The molecule has 4 nitrogen and oxygen atoms in total. The fourth-order valence-corrected chi connectivity index (χ4v) is 2.26. The molecule has 0 aromatic carbocycles. The number of nitrogens with zero attached hydrogens (tertiary/aromatic N) is 1. The third-order valence-electron chi connectivity index (χ3n) is 3.44. The molecule has 2 atom stereocenters. The van der Waals surface area contributed by atoms with Gasteiger partial charge in [0, 0.05) is 6.20 Å². The first-order valence-corrected chi connectivity index (χ1v) is 5.96. The highest BCUT2D eigenvalue weighted by Gasteiger charge is 2.41. The molecule has 0 unspecified atom stereocenters. The van der Waals surface area contributed by atoms with Gasteiger partial charge in [0.2, 0.25) is 0 Å². The summed E-state index contributed by atoms with van der Waals surface area (Å²) in [7, 11) is 0. The number of hydrogen-bond donors (Lipinski definition) is 2. The number of pyridine rings is 1. The number of nitrogens with one attached hydrogen (secondary N) is 1. The van der Waals surface area contributed by atoms with Crippen molar-refractivity contribution in [2.24, 2.45) is 11.8 Å². The van der Waals surface area contributed by atoms with Crippen LogP contribution in [0, 0.1) is 5.92 Å². The zero-order chi connectivity index (χ0) is 14.2. The lowest BCUT2D eigenvalue weighted by Crippen LogP contribution is -2.31. The summed E-state index contributed by atoms with van der Waals surface area (Å²) in [6.07, 6.45) is -2.15. The van der Waals surface area contributed by atoms with Crippen molar-refractivity contribution in [2.75, 3.05) is 0 Å². The van der Waals surface area contributed by atoms with Crippen LogP contribution in [0.25, 0.3) is 0 Å². The van der Waals surface area contributed by atoms with Crippen molar-refractivity contribution in [3.8, 4) is 0 Å². The van der Waals surface area contributed by atoms with Crippen molar-refractivity contribution in [3.05, 3.63) is 29.1 Å². The van der Waals surface area contributed by atoms with Gasteiger partial charge in [-0.25, -0.2) is 5.84 Å². The highest BCUT2D eigenvalue weighted by Crippen LogP contribution is 2.50. The molecular formula is C12H14F3N3O. The average molecular weight is 273 g/mol. The van der Waals surface area contributed by atoms with E-state index < -0.39 is 17.6 Å². The number of carbonyl (C=O) groups is 1. The quantitative estimate of drug-likeness (QED) is 0.504. The number of aromatic nitrogens is 1. The van der Waals surface area contributed by atoms with Crippen molar-refractivity contribution in [1.82, 2.24) is 10.4 Å². The Balaban J connectivity index is 2.43. The molecule has 1 aromatic heterocycles. The van der Waals surface area contributed by atoms with E-state index in [1.807, 2.05) is 12.3 Å². The Morgan fingerprint density at radius 3 is 2.74 bits per heavy atom. The van der Waals surface area contributed by atoms with Crippen LogP contribution in [0.15, 0.2) is 12.3 Å². The number of hydrogen-bond acceptors (Lipinski definition) is 3. The van der Waals surface area contributed by atoms with Gasteiger partial charge in [-0.05, 0) is 29.9 Å². The van der Waals surface area contributed by atoms with E-state index in [0.29, 0.717) is 17.7 Å². The van der Waals surface area contributed by atoms with Gasteiger partial charge >= 0.3 is 6.18 Å². The highest BCUT2D eigenvalue weighted by atomic mass is 19.4. The Bertz CT molecular complexity index is 501. The average Bonchev–Trinajstić information content (AvgIpc) is 3.15. The predicted molar refractivity (Wildman–Crippen MR) is 62.0 cm³/mol. The standard InChI is InChI=1S/C12H14F3N3O/c1-2-6-3-8(6)9-4-7(12(13,14)15)5-17-10(9)11(19)18-16/h4-6,8H,2-3,16H2,1H3,(H,18,19)/t6-,8-/m1/s1. The van der Waals surface area contributed by atoms with Crippen LogP contribution >= 0.6 is 0 Å². The molecule has 1 aromatic rings.